The molecule has 6 heteroatoms. The number of fused-ring (bicyclic) bond motifs is 1. The van der Waals surface area contributed by atoms with Crippen molar-refractivity contribution in [2.24, 2.45) is 0 Å². The van der Waals surface area contributed by atoms with Gasteiger partial charge in [0.15, 0.2) is 0 Å². The van der Waals surface area contributed by atoms with Crippen LogP contribution in [0.2, 0.25) is 0 Å². The van der Waals surface area contributed by atoms with Crippen molar-refractivity contribution < 1.29 is 9.90 Å². The van der Waals surface area contributed by atoms with Crippen LogP contribution >= 0.6 is 0 Å². The second-order valence-electron chi connectivity index (χ2n) is 7.10. The first kappa shape index (κ1) is 17.4. The van der Waals surface area contributed by atoms with Gasteiger partial charge in [-0.05, 0) is 50.6 Å². The summed E-state index contributed by atoms with van der Waals surface area (Å²) in [5.41, 5.74) is 4.98. The third-order valence-corrected chi connectivity index (χ3v) is 5.04. The molecular formula is C21H22N4O2. The van der Waals surface area contributed by atoms with Gasteiger partial charge in [0.2, 0.25) is 0 Å². The summed E-state index contributed by atoms with van der Waals surface area (Å²) in [6.07, 6.45) is 2.79. The van der Waals surface area contributed by atoms with Crippen molar-refractivity contribution in [3.63, 3.8) is 0 Å². The number of carbonyl (C=O) groups is 1. The number of aromatic nitrogens is 3. The number of aryl methyl sites for hydroxylation is 2. The Bertz CT molecular complexity index is 992. The molecule has 4 rings (SSSR count). The topological polar surface area (TPSA) is 71.2 Å². The van der Waals surface area contributed by atoms with E-state index in [0.29, 0.717) is 12.2 Å². The molecule has 0 bridgehead atoms. The van der Waals surface area contributed by atoms with E-state index in [1.807, 2.05) is 50.2 Å². The van der Waals surface area contributed by atoms with E-state index in [4.69, 9.17) is 0 Å². The molecule has 2 unspecified atom stereocenters. The van der Waals surface area contributed by atoms with Gasteiger partial charge < -0.3 is 10.0 Å². The normalized spacial score (nSPS) is 17.7. The van der Waals surface area contributed by atoms with E-state index >= 15 is 0 Å². The van der Waals surface area contributed by atoms with E-state index in [1.165, 1.54) is 0 Å². The largest absolute Gasteiger partial charge is 0.391 e. The highest BCUT2D eigenvalue weighted by atomic mass is 16.3. The standard InChI is InChI=1S/C21H22N4O2/c1-13-4-6-17(7-5-13)24-12-19(15(3)26)25-20(21(24)27)18(11-23-25)16-8-9-22-14(2)10-16/h4-11,15,19,26H,12H2,1-3H3. The molecule has 1 N–H and O–H groups in total. The van der Waals surface area contributed by atoms with Crippen molar-refractivity contribution in [3.05, 3.63) is 65.7 Å². The van der Waals surface area contributed by atoms with E-state index in [0.717, 1.165) is 28.1 Å². The summed E-state index contributed by atoms with van der Waals surface area (Å²) < 4.78 is 1.67. The van der Waals surface area contributed by atoms with Crippen molar-refractivity contribution in [2.75, 3.05) is 11.4 Å². The van der Waals surface area contributed by atoms with E-state index in [1.54, 1.807) is 28.9 Å². The number of anilines is 1. The lowest BCUT2D eigenvalue weighted by molar-refractivity contribution is 0.0864. The van der Waals surface area contributed by atoms with Gasteiger partial charge in [-0.3, -0.25) is 14.5 Å². The van der Waals surface area contributed by atoms with Gasteiger partial charge in [0.25, 0.3) is 5.91 Å². The van der Waals surface area contributed by atoms with E-state index < -0.39 is 6.10 Å². The number of hydrogen-bond acceptors (Lipinski definition) is 4. The summed E-state index contributed by atoms with van der Waals surface area (Å²) in [6.45, 7) is 6.04. The van der Waals surface area contributed by atoms with Crippen LogP contribution in [0.15, 0.2) is 48.8 Å². The van der Waals surface area contributed by atoms with E-state index in [-0.39, 0.29) is 11.9 Å². The van der Waals surface area contributed by atoms with Crippen molar-refractivity contribution in [3.8, 4) is 11.1 Å². The SMILES string of the molecule is Cc1ccc(N2CC(C(C)O)n3ncc(-c4ccnc(C)c4)c3C2=O)cc1. The zero-order valence-electron chi connectivity index (χ0n) is 15.6. The van der Waals surface area contributed by atoms with Crippen LogP contribution in [0, 0.1) is 13.8 Å². The summed E-state index contributed by atoms with van der Waals surface area (Å²) in [5, 5.41) is 14.8. The van der Waals surface area contributed by atoms with Crippen LogP contribution < -0.4 is 4.90 Å². The maximum Gasteiger partial charge on any atom is 0.277 e. The summed E-state index contributed by atoms with van der Waals surface area (Å²) in [5.74, 6) is -0.113. The minimum absolute atomic E-state index is 0.113. The molecular weight excluding hydrogens is 340 g/mol. The molecule has 138 valence electrons. The number of nitrogens with zero attached hydrogens (tertiary/aromatic N) is 4. The maximum absolute atomic E-state index is 13.4. The summed E-state index contributed by atoms with van der Waals surface area (Å²) in [6, 6.07) is 11.4. The Morgan fingerprint density at radius 2 is 1.93 bits per heavy atom. The number of aliphatic hydroxyl groups excluding tert-OH is 1. The minimum Gasteiger partial charge on any atom is -0.391 e. The summed E-state index contributed by atoms with van der Waals surface area (Å²) in [7, 11) is 0. The smallest absolute Gasteiger partial charge is 0.277 e. The molecule has 27 heavy (non-hydrogen) atoms. The molecule has 0 radical (unpaired) electrons. The van der Waals surface area contributed by atoms with Gasteiger partial charge in [-0.25, -0.2) is 0 Å². The van der Waals surface area contributed by atoms with Gasteiger partial charge in [0.1, 0.15) is 5.69 Å². The quantitative estimate of drug-likeness (QED) is 0.777. The number of hydrogen-bond donors (Lipinski definition) is 1. The summed E-state index contributed by atoms with van der Waals surface area (Å²) >= 11 is 0. The first-order valence-electron chi connectivity index (χ1n) is 9.03. The Morgan fingerprint density at radius 1 is 1.19 bits per heavy atom. The van der Waals surface area contributed by atoms with Crippen LogP contribution in [0.25, 0.3) is 11.1 Å². The number of benzene rings is 1. The highest BCUT2D eigenvalue weighted by molar-refractivity contribution is 6.09. The predicted molar refractivity (Wildman–Crippen MR) is 104 cm³/mol. The molecule has 3 aromatic rings. The third-order valence-electron chi connectivity index (χ3n) is 5.04. The monoisotopic (exact) mass is 362 g/mol. The van der Waals surface area contributed by atoms with Gasteiger partial charge in [0.05, 0.1) is 24.9 Å². The Labute approximate surface area is 158 Å². The zero-order valence-corrected chi connectivity index (χ0v) is 15.6. The van der Waals surface area contributed by atoms with Crippen molar-refractivity contribution >= 4 is 11.6 Å². The average molecular weight is 362 g/mol. The van der Waals surface area contributed by atoms with Crippen LogP contribution in [-0.4, -0.2) is 38.4 Å². The zero-order chi connectivity index (χ0) is 19.1. The molecule has 2 atom stereocenters. The molecule has 1 amide bonds. The molecule has 0 saturated heterocycles. The molecule has 6 nitrogen and oxygen atoms in total. The Kier molecular flexibility index (Phi) is 4.28. The van der Waals surface area contributed by atoms with Crippen LogP contribution in [0.4, 0.5) is 5.69 Å². The van der Waals surface area contributed by atoms with Gasteiger partial charge in [-0.2, -0.15) is 5.10 Å². The molecule has 3 heterocycles. The molecule has 1 aromatic carbocycles. The van der Waals surface area contributed by atoms with E-state index in [9.17, 15) is 9.90 Å². The van der Waals surface area contributed by atoms with Crippen molar-refractivity contribution in [2.45, 2.75) is 32.9 Å². The molecule has 0 fully saturated rings. The van der Waals surface area contributed by atoms with Gasteiger partial charge in [-0.15, -0.1) is 0 Å². The lowest BCUT2D eigenvalue weighted by Crippen LogP contribution is -2.46. The average Bonchev–Trinajstić information content (AvgIpc) is 3.08. The van der Waals surface area contributed by atoms with Crippen LogP contribution in [-0.2, 0) is 0 Å². The fourth-order valence-electron chi connectivity index (χ4n) is 3.53. The molecule has 1 aliphatic heterocycles. The fraction of sp³-hybridized carbons (Fsp3) is 0.286. The number of carbonyl (C=O) groups excluding carboxylic acids is 1. The van der Waals surface area contributed by atoms with Gasteiger partial charge in [0, 0.05) is 23.1 Å². The second kappa shape index (κ2) is 6.63. The minimum atomic E-state index is -0.642. The molecule has 0 aliphatic carbocycles. The lowest BCUT2D eigenvalue weighted by atomic mass is 10.0. The number of pyridine rings is 1. The van der Waals surface area contributed by atoms with Crippen LogP contribution in [0.5, 0.6) is 0 Å². The molecule has 0 saturated carbocycles. The first-order valence-corrected chi connectivity index (χ1v) is 9.03. The first-order chi connectivity index (χ1) is 13.0. The van der Waals surface area contributed by atoms with Gasteiger partial charge >= 0.3 is 0 Å². The van der Waals surface area contributed by atoms with Crippen molar-refractivity contribution in [1.82, 2.24) is 14.8 Å². The van der Waals surface area contributed by atoms with Gasteiger partial charge in [-0.1, -0.05) is 17.7 Å². The lowest BCUT2D eigenvalue weighted by Gasteiger charge is -2.35. The van der Waals surface area contributed by atoms with Crippen molar-refractivity contribution in [1.29, 1.82) is 0 Å². The Balaban J connectivity index is 1.85. The number of rotatable bonds is 3. The third kappa shape index (κ3) is 3.02. The Hall–Kier alpha value is -2.99. The number of aliphatic hydroxyl groups is 1. The highest BCUT2D eigenvalue weighted by Gasteiger charge is 2.37. The van der Waals surface area contributed by atoms with E-state index in [2.05, 4.69) is 10.1 Å². The molecule has 2 aromatic heterocycles. The molecule has 0 spiro atoms. The second-order valence-corrected chi connectivity index (χ2v) is 7.10. The molecule has 1 aliphatic rings. The Morgan fingerprint density at radius 3 is 2.59 bits per heavy atom. The maximum atomic E-state index is 13.4. The predicted octanol–water partition coefficient (Wildman–Crippen LogP) is 3.14. The van der Waals surface area contributed by atoms with Crippen LogP contribution in [0.3, 0.4) is 0 Å². The summed E-state index contributed by atoms with van der Waals surface area (Å²) in [4.78, 5) is 19.3. The highest BCUT2D eigenvalue weighted by Crippen LogP contribution is 2.34. The van der Waals surface area contributed by atoms with Crippen LogP contribution in [0.1, 0.15) is 34.7 Å². The fourth-order valence-corrected chi connectivity index (χ4v) is 3.53. The number of amides is 1.